The average molecular weight is 817 g/mol. The van der Waals surface area contributed by atoms with Crippen molar-refractivity contribution in [3.63, 3.8) is 0 Å². The third kappa shape index (κ3) is 6.22. The number of aromatic nitrogens is 5. The Labute approximate surface area is 369 Å². The zero-order valence-electron chi connectivity index (χ0n) is 34.5. The van der Waals surface area contributed by atoms with Gasteiger partial charge in [0.25, 0.3) is 0 Å². The maximum atomic E-state index is 10.5. The molecular weight excluding hydrogens is 781 g/mol. The van der Waals surface area contributed by atoms with Gasteiger partial charge in [0.05, 0.1) is 33.7 Å². The smallest absolute Gasteiger partial charge is 0.164 e. The maximum Gasteiger partial charge on any atom is 0.164 e. The molecule has 64 heavy (non-hydrogen) atoms. The number of hydrogen-bond acceptors (Lipinski definition) is 4. The second-order valence-corrected chi connectivity index (χ2v) is 16.0. The van der Waals surface area contributed by atoms with Crippen molar-refractivity contribution < 1.29 is 0 Å². The van der Waals surface area contributed by atoms with E-state index in [9.17, 15) is 5.26 Å². The Morgan fingerprint density at radius 3 is 1.42 bits per heavy atom. The molecule has 298 valence electrons. The first-order valence-electron chi connectivity index (χ1n) is 21.3. The van der Waals surface area contributed by atoms with E-state index >= 15 is 0 Å². The van der Waals surface area contributed by atoms with E-state index in [1.165, 1.54) is 21.8 Å². The normalized spacial score (nSPS) is 11.4. The fourth-order valence-corrected chi connectivity index (χ4v) is 9.18. The van der Waals surface area contributed by atoms with Gasteiger partial charge in [-0.2, -0.15) is 5.26 Å². The van der Waals surface area contributed by atoms with Gasteiger partial charge in [0.2, 0.25) is 0 Å². The molecule has 0 spiro atoms. The first-order chi connectivity index (χ1) is 31.7. The quantitative estimate of drug-likeness (QED) is 0.161. The number of para-hydroxylation sites is 3. The molecule has 0 aliphatic rings. The van der Waals surface area contributed by atoms with Crippen molar-refractivity contribution in [2.24, 2.45) is 0 Å². The van der Waals surface area contributed by atoms with Gasteiger partial charge in [-0.25, -0.2) is 15.0 Å². The molecule has 0 bridgehead atoms. The summed E-state index contributed by atoms with van der Waals surface area (Å²) in [4.78, 5) is 14.9. The molecule has 12 aromatic rings. The van der Waals surface area contributed by atoms with E-state index in [1.54, 1.807) is 0 Å². The summed E-state index contributed by atoms with van der Waals surface area (Å²) < 4.78 is 4.68. The highest BCUT2D eigenvalue weighted by molar-refractivity contribution is 6.11. The lowest BCUT2D eigenvalue weighted by Crippen LogP contribution is -2.00. The molecule has 6 heteroatoms. The minimum absolute atomic E-state index is 0.537. The van der Waals surface area contributed by atoms with Gasteiger partial charge >= 0.3 is 0 Å². The second kappa shape index (κ2) is 15.2. The highest BCUT2D eigenvalue weighted by atomic mass is 15.0. The Morgan fingerprint density at radius 2 is 0.781 bits per heavy atom. The van der Waals surface area contributed by atoms with Crippen LogP contribution in [0, 0.1) is 11.3 Å². The first-order valence-corrected chi connectivity index (χ1v) is 21.3. The van der Waals surface area contributed by atoms with Gasteiger partial charge in [0.1, 0.15) is 0 Å². The van der Waals surface area contributed by atoms with E-state index in [0.29, 0.717) is 23.0 Å². The van der Waals surface area contributed by atoms with Gasteiger partial charge in [-0.15, -0.1) is 0 Å². The van der Waals surface area contributed by atoms with Crippen molar-refractivity contribution in [1.29, 1.82) is 5.26 Å². The van der Waals surface area contributed by atoms with Crippen LogP contribution in [-0.4, -0.2) is 24.1 Å². The molecule has 0 radical (unpaired) electrons. The van der Waals surface area contributed by atoms with E-state index in [2.05, 4.69) is 155 Å². The maximum absolute atomic E-state index is 10.5. The summed E-state index contributed by atoms with van der Waals surface area (Å²) in [5.41, 5.74) is 13.9. The molecule has 0 N–H and O–H groups in total. The first kappa shape index (κ1) is 36.9. The van der Waals surface area contributed by atoms with Crippen molar-refractivity contribution in [3.05, 3.63) is 224 Å². The van der Waals surface area contributed by atoms with E-state index in [1.807, 2.05) is 78.9 Å². The third-order valence-electron chi connectivity index (χ3n) is 12.2. The summed E-state index contributed by atoms with van der Waals surface area (Å²) in [6.07, 6.45) is 0. The van der Waals surface area contributed by atoms with Crippen LogP contribution in [0.5, 0.6) is 0 Å². The molecule has 0 amide bonds. The average Bonchev–Trinajstić information content (AvgIpc) is 3.89. The Hall–Kier alpha value is -8.92. The fraction of sp³-hybridized carbons (Fsp3) is 0. The SMILES string of the molecule is N#Cc1ccc(-c2nc(-c3ccccc3)nc(-c3ccccc3)n2)cc1-c1ccc2c3ccccc3n(-c3ccc(-c4ccc5c(c4)c4ccccc4n5-c4ccccc4)cc3)c2c1. The van der Waals surface area contributed by atoms with Crippen LogP contribution in [0.2, 0.25) is 0 Å². The molecule has 3 aromatic heterocycles. The lowest BCUT2D eigenvalue weighted by Gasteiger charge is -2.12. The van der Waals surface area contributed by atoms with Gasteiger partial charge in [0, 0.05) is 55.2 Å². The van der Waals surface area contributed by atoms with E-state index in [4.69, 9.17) is 15.0 Å². The number of hydrogen-bond donors (Lipinski definition) is 0. The van der Waals surface area contributed by atoms with Gasteiger partial charge in [-0.1, -0.05) is 146 Å². The van der Waals surface area contributed by atoms with Gasteiger partial charge in [0.15, 0.2) is 17.5 Å². The summed E-state index contributed by atoms with van der Waals surface area (Å²) in [7, 11) is 0. The van der Waals surface area contributed by atoms with E-state index in [0.717, 1.165) is 72.1 Å². The Morgan fingerprint density at radius 1 is 0.312 bits per heavy atom. The van der Waals surface area contributed by atoms with E-state index < -0.39 is 0 Å². The van der Waals surface area contributed by atoms with Crippen LogP contribution in [0.25, 0.3) is 111 Å². The highest BCUT2D eigenvalue weighted by Crippen LogP contribution is 2.39. The van der Waals surface area contributed by atoms with Crippen molar-refractivity contribution in [1.82, 2.24) is 24.1 Å². The molecule has 0 saturated carbocycles. The largest absolute Gasteiger partial charge is 0.309 e. The monoisotopic (exact) mass is 816 g/mol. The zero-order chi connectivity index (χ0) is 42.6. The number of rotatable bonds is 7. The van der Waals surface area contributed by atoms with E-state index in [-0.39, 0.29) is 0 Å². The lowest BCUT2D eigenvalue weighted by atomic mass is 9.96. The van der Waals surface area contributed by atoms with Gasteiger partial charge in [-0.3, -0.25) is 0 Å². The van der Waals surface area contributed by atoms with Crippen LogP contribution in [0.1, 0.15) is 5.56 Å². The summed E-state index contributed by atoms with van der Waals surface area (Å²) in [5.74, 6) is 1.71. The topological polar surface area (TPSA) is 72.3 Å². The number of nitriles is 1. The van der Waals surface area contributed by atoms with Crippen LogP contribution in [0.4, 0.5) is 0 Å². The number of benzene rings is 9. The van der Waals surface area contributed by atoms with Crippen LogP contribution in [0.15, 0.2) is 218 Å². The molecule has 0 atom stereocenters. The summed E-state index contributed by atoms with van der Waals surface area (Å²) in [6.45, 7) is 0. The molecule has 0 fully saturated rings. The van der Waals surface area contributed by atoms with Crippen molar-refractivity contribution in [2.45, 2.75) is 0 Å². The molecule has 0 saturated heterocycles. The molecule has 0 aliphatic carbocycles. The molecule has 6 nitrogen and oxygen atoms in total. The molecule has 9 aromatic carbocycles. The minimum atomic E-state index is 0.537. The summed E-state index contributed by atoms with van der Waals surface area (Å²) >= 11 is 0. The van der Waals surface area contributed by atoms with Crippen molar-refractivity contribution in [2.75, 3.05) is 0 Å². The highest BCUT2D eigenvalue weighted by Gasteiger charge is 2.18. The molecular formula is C58H36N6. The predicted octanol–water partition coefficient (Wildman–Crippen LogP) is 14.3. The van der Waals surface area contributed by atoms with Crippen LogP contribution in [0.3, 0.4) is 0 Å². The molecule has 0 aliphatic heterocycles. The molecule has 0 unspecified atom stereocenters. The minimum Gasteiger partial charge on any atom is -0.309 e. The standard InChI is InChI=1S/C58H36N6/c59-37-44-25-24-43(58-61-56(39-14-4-1-5-15-39)60-57(62-58)40-16-6-2-7-17-40)35-50(44)42-28-32-49-47-20-10-12-22-52(47)64(55(49)36-42)46-30-26-38(27-31-46)41-29-33-54-51(34-41)48-21-11-13-23-53(48)63(54)45-18-8-3-9-19-45/h1-36H. The van der Waals surface area contributed by atoms with Crippen molar-refractivity contribution >= 4 is 43.6 Å². The molecule has 3 heterocycles. The second-order valence-electron chi connectivity index (χ2n) is 16.0. The number of nitrogens with zero attached hydrogens (tertiary/aromatic N) is 6. The lowest BCUT2D eigenvalue weighted by molar-refractivity contribution is 1.07. The van der Waals surface area contributed by atoms with Gasteiger partial charge < -0.3 is 9.13 Å². The fourth-order valence-electron chi connectivity index (χ4n) is 9.18. The third-order valence-corrected chi connectivity index (χ3v) is 12.2. The number of fused-ring (bicyclic) bond motifs is 6. The Kier molecular flexibility index (Phi) is 8.77. The van der Waals surface area contributed by atoms with Crippen LogP contribution in [-0.2, 0) is 0 Å². The Bertz CT molecular complexity index is 3710. The predicted molar refractivity (Wildman–Crippen MR) is 260 cm³/mol. The summed E-state index contributed by atoms with van der Waals surface area (Å²) in [5, 5.41) is 15.2. The van der Waals surface area contributed by atoms with Gasteiger partial charge in [-0.05, 0) is 89.5 Å². The van der Waals surface area contributed by atoms with Crippen LogP contribution >= 0.6 is 0 Å². The van der Waals surface area contributed by atoms with Crippen LogP contribution < -0.4 is 0 Å². The van der Waals surface area contributed by atoms with Crippen molar-refractivity contribution in [3.8, 4) is 73.9 Å². The zero-order valence-corrected chi connectivity index (χ0v) is 34.5. The summed E-state index contributed by atoms with van der Waals surface area (Å²) in [6, 6.07) is 78.1. The molecule has 12 rings (SSSR count). The Balaban J connectivity index is 0.961.